The molecule has 0 spiro atoms. The molecule has 1 heterocycles. The van der Waals surface area contributed by atoms with E-state index in [9.17, 15) is 14.9 Å². The molecule has 7 heteroatoms. The number of carbonyl (C=O) groups is 1. The van der Waals surface area contributed by atoms with E-state index in [-0.39, 0.29) is 17.5 Å². The zero-order valence-electron chi connectivity index (χ0n) is 11.3. The predicted molar refractivity (Wildman–Crippen MR) is 74.0 cm³/mol. The van der Waals surface area contributed by atoms with Crippen LogP contribution >= 0.6 is 0 Å². The number of benzene rings is 1. The highest BCUT2D eigenvalue weighted by atomic mass is 16.6. The van der Waals surface area contributed by atoms with E-state index in [0.29, 0.717) is 12.3 Å². The largest absolute Gasteiger partial charge is 0.475 e. The summed E-state index contributed by atoms with van der Waals surface area (Å²) in [6.07, 6.45) is 0. The third-order valence-electron chi connectivity index (χ3n) is 3.02. The smallest absolute Gasteiger partial charge is 0.371 e. The highest BCUT2D eigenvalue weighted by Crippen LogP contribution is 2.17. The summed E-state index contributed by atoms with van der Waals surface area (Å²) >= 11 is 0. The summed E-state index contributed by atoms with van der Waals surface area (Å²) in [5.74, 6) is -0.688. The van der Waals surface area contributed by atoms with Gasteiger partial charge in [0.15, 0.2) is 0 Å². The Hall–Kier alpha value is -2.67. The Kier molecular flexibility index (Phi) is 4.34. The van der Waals surface area contributed by atoms with Crippen molar-refractivity contribution in [3.63, 3.8) is 0 Å². The van der Waals surface area contributed by atoms with Crippen LogP contribution in [-0.2, 0) is 6.54 Å². The van der Waals surface area contributed by atoms with Gasteiger partial charge in [0.25, 0.3) is 5.69 Å². The van der Waals surface area contributed by atoms with Crippen LogP contribution in [0.1, 0.15) is 34.8 Å². The Bertz CT molecular complexity index is 648. The molecule has 0 saturated carbocycles. The van der Waals surface area contributed by atoms with Gasteiger partial charge in [-0.05, 0) is 24.6 Å². The van der Waals surface area contributed by atoms with Gasteiger partial charge in [-0.1, -0.05) is 12.1 Å². The number of non-ortho nitro benzene ring substituents is 1. The Morgan fingerprint density at radius 2 is 2.00 bits per heavy atom. The van der Waals surface area contributed by atoms with Crippen molar-refractivity contribution >= 4 is 11.7 Å². The van der Waals surface area contributed by atoms with Gasteiger partial charge in [0.05, 0.1) is 11.0 Å². The fraction of sp³-hybridized carbons (Fsp3) is 0.214. The maximum atomic E-state index is 10.7. The molecule has 0 aliphatic rings. The first kappa shape index (κ1) is 14.7. The van der Waals surface area contributed by atoms with Gasteiger partial charge in [-0.15, -0.1) is 0 Å². The van der Waals surface area contributed by atoms with E-state index in [0.717, 1.165) is 5.56 Å². The molecule has 1 aromatic carbocycles. The van der Waals surface area contributed by atoms with Crippen molar-refractivity contribution in [3.05, 3.63) is 63.6 Å². The van der Waals surface area contributed by atoms with Crippen molar-refractivity contribution < 1.29 is 19.2 Å². The molecule has 1 aromatic heterocycles. The predicted octanol–water partition coefficient (Wildman–Crippen LogP) is 2.74. The number of rotatable bonds is 6. The quantitative estimate of drug-likeness (QED) is 0.626. The number of hydrogen-bond donors (Lipinski definition) is 2. The second kappa shape index (κ2) is 6.19. The summed E-state index contributed by atoms with van der Waals surface area (Å²) in [6, 6.07) is 9.06. The summed E-state index contributed by atoms with van der Waals surface area (Å²) in [5, 5.41) is 22.5. The monoisotopic (exact) mass is 290 g/mol. The molecule has 0 bridgehead atoms. The molecule has 2 rings (SSSR count). The average Bonchev–Trinajstić information content (AvgIpc) is 2.95. The minimum atomic E-state index is -1.11. The number of carboxylic acid groups (broad SMARTS) is 1. The Morgan fingerprint density at radius 1 is 1.33 bits per heavy atom. The van der Waals surface area contributed by atoms with Crippen molar-refractivity contribution in [1.82, 2.24) is 5.32 Å². The van der Waals surface area contributed by atoms with E-state index in [2.05, 4.69) is 5.32 Å². The molecular weight excluding hydrogens is 276 g/mol. The number of furan rings is 1. The van der Waals surface area contributed by atoms with Crippen LogP contribution in [0, 0.1) is 10.1 Å². The van der Waals surface area contributed by atoms with Crippen LogP contribution in [0.4, 0.5) is 5.69 Å². The molecule has 0 fully saturated rings. The summed E-state index contributed by atoms with van der Waals surface area (Å²) in [6.45, 7) is 2.33. The Morgan fingerprint density at radius 3 is 2.52 bits per heavy atom. The zero-order valence-corrected chi connectivity index (χ0v) is 11.3. The lowest BCUT2D eigenvalue weighted by atomic mass is 10.2. The lowest BCUT2D eigenvalue weighted by Gasteiger charge is -2.11. The van der Waals surface area contributed by atoms with Crippen molar-refractivity contribution in [1.29, 1.82) is 0 Å². The number of aromatic carboxylic acids is 1. The highest BCUT2D eigenvalue weighted by Gasteiger charge is 2.14. The van der Waals surface area contributed by atoms with E-state index >= 15 is 0 Å². The van der Waals surface area contributed by atoms with Crippen molar-refractivity contribution in [2.75, 3.05) is 0 Å². The Balaban J connectivity index is 1.95. The molecule has 7 nitrogen and oxygen atoms in total. The summed E-state index contributed by atoms with van der Waals surface area (Å²) in [7, 11) is 0. The molecule has 1 atom stereocenters. The van der Waals surface area contributed by atoms with E-state index in [1.165, 1.54) is 18.2 Å². The number of nitro benzene ring substituents is 1. The van der Waals surface area contributed by atoms with E-state index in [1.54, 1.807) is 18.2 Å². The molecule has 21 heavy (non-hydrogen) atoms. The fourth-order valence-electron chi connectivity index (χ4n) is 1.81. The SMILES string of the molecule is CC(NCc1ccc([N+](=O)[O-])cc1)c1ccc(C(=O)O)o1. The molecule has 110 valence electrons. The molecule has 2 aromatic rings. The van der Waals surface area contributed by atoms with Gasteiger partial charge in [-0.2, -0.15) is 0 Å². The van der Waals surface area contributed by atoms with Crippen LogP contribution in [0.3, 0.4) is 0 Å². The summed E-state index contributed by atoms with van der Waals surface area (Å²) in [5.41, 5.74) is 0.932. The minimum Gasteiger partial charge on any atom is -0.475 e. The molecule has 0 aliphatic heterocycles. The first-order valence-electron chi connectivity index (χ1n) is 6.27. The van der Waals surface area contributed by atoms with Gasteiger partial charge >= 0.3 is 5.97 Å². The maximum Gasteiger partial charge on any atom is 0.371 e. The lowest BCUT2D eigenvalue weighted by molar-refractivity contribution is -0.384. The first-order chi connectivity index (χ1) is 9.97. The minimum absolute atomic E-state index is 0.0453. The summed E-state index contributed by atoms with van der Waals surface area (Å²) < 4.78 is 5.19. The molecule has 0 amide bonds. The zero-order chi connectivity index (χ0) is 15.4. The molecule has 1 unspecified atom stereocenters. The van der Waals surface area contributed by atoms with Gasteiger partial charge in [-0.25, -0.2) is 4.79 Å². The third kappa shape index (κ3) is 3.67. The number of nitrogens with zero attached hydrogens (tertiary/aromatic N) is 1. The first-order valence-corrected chi connectivity index (χ1v) is 6.27. The van der Waals surface area contributed by atoms with Crippen molar-refractivity contribution in [3.8, 4) is 0 Å². The van der Waals surface area contributed by atoms with Gasteiger partial charge in [-0.3, -0.25) is 10.1 Å². The van der Waals surface area contributed by atoms with Crippen LogP contribution in [-0.4, -0.2) is 16.0 Å². The number of nitrogens with one attached hydrogen (secondary N) is 1. The van der Waals surface area contributed by atoms with Crippen LogP contribution in [0.15, 0.2) is 40.8 Å². The fourth-order valence-corrected chi connectivity index (χ4v) is 1.81. The van der Waals surface area contributed by atoms with Crippen LogP contribution < -0.4 is 5.32 Å². The highest BCUT2D eigenvalue weighted by molar-refractivity contribution is 5.84. The Labute approximate surface area is 120 Å². The summed E-state index contributed by atoms with van der Waals surface area (Å²) in [4.78, 5) is 20.8. The topological polar surface area (TPSA) is 106 Å². The van der Waals surface area contributed by atoms with E-state index in [4.69, 9.17) is 9.52 Å². The molecule has 0 aliphatic carbocycles. The van der Waals surface area contributed by atoms with Crippen molar-refractivity contribution in [2.45, 2.75) is 19.5 Å². The number of hydrogen-bond acceptors (Lipinski definition) is 5. The lowest BCUT2D eigenvalue weighted by Crippen LogP contribution is -2.17. The number of carboxylic acids is 1. The number of nitro groups is 1. The average molecular weight is 290 g/mol. The van der Waals surface area contributed by atoms with Crippen LogP contribution in [0.25, 0.3) is 0 Å². The molecule has 0 saturated heterocycles. The van der Waals surface area contributed by atoms with E-state index < -0.39 is 10.9 Å². The normalized spacial score (nSPS) is 12.0. The molecule has 2 N–H and O–H groups in total. The van der Waals surface area contributed by atoms with Gasteiger partial charge in [0.2, 0.25) is 5.76 Å². The second-order valence-electron chi connectivity index (χ2n) is 4.53. The second-order valence-corrected chi connectivity index (χ2v) is 4.53. The van der Waals surface area contributed by atoms with Gasteiger partial charge < -0.3 is 14.8 Å². The third-order valence-corrected chi connectivity index (χ3v) is 3.02. The molecule has 0 radical (unpaired) electrons. The van der Waals surface area contributed by atoms with Crippen molar-refractivity contribution in [2.24, 2.45) is 0 Å². The van der Waals surface area contributed by atoms with Gasteiger partial charge in [0, 0.05) is 18.7 Å². The van der Waals surface area contributed by atoms with E-state index in [1.807, 2.05) is 6.92 Å². The van der Waals surface area contributed by atoms with Crippen LogP contribution in [0.2, 0.25) is 0 Å². The maximum absolute atomic E-state index is 10.7. The molecular formula is C14H14N2O5. The standard InChI is InChI=1S/C14H14N2O5/c1-9(12-6-7-13(21-12)14(17)18)15-8-10-2-4-11(5-3-10)16(19)20/h2-7,9,15H,8H2,1H3,(H,17,18). The van der Waals surface area contributed by atoms with Crippen LogP contribution in [0.5, 0.6) is 0 Å². The van der Waals surface area contributed by atoms with Gasteiger partial charge in [0.1, 0.15) is 5.76 Å².